The predicted molar refractivity (Wildman–Crippen MR) is 83.8 cm³/mol. The molecule has 20 heavy (non-hydrogen) atoms. The normalized spacial score (nSPS) is 25.6. The van der Waals surface area contributed by atoms with Crippen molar-refractivity contribution in [2.24, 2.45) is 11.3 Å². The first-order valence-electron chi connectivity index (χ1n) is 7.58. The lowest BCUT2D eigenvalue weighted by molar-refractivity contribution is 0.160. The van der Waals surface area contributed by atoms with E-state index in [9.17, 15) is 4.39 Å². The first-order chi connectivity index (χ1) is 9.43. The fraction of sp³-hybridized carbons (Fsp3) is 0.647. The molecule has 2 atom stereocenters. The molecule has 2 unspecified atom stereocenters. The van der Waals surface area contributed by atoms with Crippen molar-refractivity contribution in [3.63, 3.8) is 0 Å². The molecular weight excluding hydrogens is 273 g/mol. The molecule has 1 aliphatic rings. The minimum absolute atomic E-state index is 0.185. The highest BCUT2D eigenvalue weighted by molar-refractivity contribution is 6.31. The molecule has 1 fully saturated rings. The van der Waals surface area contributed by atoms with Gasteiger partial charge in [-0.3, -0.25) is 0 Å². The number of benzene rings is 1. The van der Waals surface area contributed by atoms with Crippen LogP contribution in [0, 0.1) is 17.2 Å². The van der Waals surface area contributed by atoms with Gasteiger partial charge in [0.15, 0.2) is 0 Å². The summed E-state index contributed by atoms with van der Waals surface area (Å²) in [6, 6.07) is 4.77. The lowest BCUT2D eigenvalue weighted by atomic mass is 9.65. The molecule has 0 radical (unpaired) electrons. The van der Waals surface area contributed by atoms with Gasteiger partial charge in [-0.15, -0.1) is 0 Å². The lowest BCUT2D eigenvalue weighted by Gasteiger charge is -2.41. The average molecular weight is 298 g/mol. The molecule has 0 bridgehead atoms. The number of rotatable bonds is 4. The zero-order chi connectivity index (χ0) is 14.8. The molecule has 3 heteroatoms. The smallest absolute Gasteiger partial charge is 0.123 e. The zero-order valence-corrected chi connectivity index (χ0v) is 13.4. The second-order valence-corrected chi connectivity index (χ2v) is 7.15. The van der Waals surface area contributed by atoms with Crippen LogP contribution in [0.4, 0.5) is 4.39 Å². The molecule has 0 heterocycles. The Hall–Kier alpha value is -0.600. The SMILES string of the molecule is CCNCC1CCC(C)(C)CC1c1cc(F)ccc1Cl. The molecule has 1 nitrogen and oxygen atoms in total. The molecule has 112 valence electrons. The number of nitrogens with one attached hydrogen (secondary N) is 1. The molecule has 1 aromatic carbocycles. The van der Waals surface area contributed by atoms with Crippen molar-refractivity contribution < 1.29 is 4.39 Å². The lowest BCUT2D eigenvalue weighted by Crippen LogP contribution is -2.35. The van der Waals surface area contributed by atoms with Crippen LogP contribution in [0.1, 0.15) is 51.5 Å². The van der Waals surface area contributed by atoms with Gasteiger partial charge in [0.1, 0.15) is 5.82 Å². The fourth-order valence-electron chi connectivity index (χ4n) is 3.38. The van der Waals surface area contributed by atoms with Crippen molar-refractivity contribution in [2.45, 2.75) is 46.0 Å². The van der Waals surface area contributed by atoms with E-state index in [-0.39, 0.29) is 5.82 Å². The molecule has 1 aliphatic carbocycles. The third-order valence-corrected chi connectivity index (χ3v) is 4.89. The molecule has 2 rings (SSSR count). The molecule has 0 spiro atoms. The second-order valence-electron chi connectivity index (χ2n) is 6.75. The summed E-state index contributed by atoms with van der Waals surface area (Å²) in [6.07, 6.45) is 3.48. The zero-order valence-electron chi connectivity index (χ0n) is 12.7. The van der Waals surface area contributed by atoms with Gasteiger partial charge in [0.25, 0.3) is 0 Å². The summed E-state index contributed by atoms with van der Waals surface area (Å²) in [5.74, 6) is 0.707. The van der Waals surface area contributed by atoms with Gasteiger partial charge in [0.2, 0.25) is 0 Å². The van der Waals surface area contributed by atoms with Gasteiger partial charge in [-0.25, -0.2) is 4.39 Å². The van der Waals surface area contributed by atoms with Crippen LogP contribution in [0.25, 0.3) is 0 Å². The third-order valence-electron chi connectivity index (χ3n) is 4.55. The van der Waals surface area contributed by atoms with Crippen LogP contribution >= 0.6 is 11.6 Å². The van der Waals surface area contributed by atoms with Crippen LogP contribution in [-0.4, -0.2) is 13.1 Å². The Labute approximate surface area is 126 Å². The number of hydrogen-bond donors (Lipinski definition) is 1. The van der Waals surface area contributed by atoms with E-state index in [1.54, 1.807) is 12.1 Å². The first-order valence-corrected chi connectivity index (χ1v) is 7.96. The molecular formula is C17H25ClFN. The molecule has 0 aliphatic heterocycles. The van der Waals surface area contributed by atoms with Crippen LogP contribution in [-0.2, 0) is 0 Å². The van der Waals surface area contributed by atoms with E-state index in [0.717, 1.165) is 25.1 Å². The average Bonchev–Trinajstić information content (AvgIpc) is 2.39. The van der Waals surface area contributed by atoms with E-state index in [4.69, 9.17) is 11.6 Å². The molecule has 1 N–H and O–H groups in total. The van der Waals surface area contributed by atoms with Gasteiger partial charge in [0.05, 0.1) is 0 Å². The van der Waals surface area contributed by atoms with Crippen molar-refractivity contribution in [3.8, 4) is 0 Å². The van der Waals surface area contributed by atoms with E-state index in [1.165, 1.54) is 18.9 Å². The summed E-state index contributed by atoms with van der Waals surface area (Å²) < 4.78 is 13.6. The van der Waals surface area contributed by atoms with Gasteiger partial charge >= 0.3 is 0 Å². The highest BCUT2D eigenvalue weighted by atomic mass is 35.5. The van der Waals surface area contributed by atoms with E-state index < -0.39 is 0 Å². The summed E-state index contributed by atoms with van der Waals surface area (Å²) in [6.45, 7) is 8.69. The van der Waals surface area contributed by atoms with Crippen LogP contribution in [0.5, 0.6) is 0 Å². The Morgan fingerprint density at radius 2 is 2.15 bits per heavy atom. The summed E-state index contributed by atoms with van der Waals surface area (Å²) in [7, 11) is 0. The summed E-state index contributed by atoms with van der Waals surface area (Å²) in [5.41, 5.74) is 1.30. The van der Waals surface area contributed by atoms with Crippen molar-refractivity contribution in [1.29, 1.82) is 0 Å². The Balaban J connectivity index is 2.28. The van der Waals surface area contributed by atoms with Crippen LogP contribution in [0.2, 0.25) is 5.02 Å². The van der Waals surface area contributed by atoms with Gasteiger partial charge < -0.3 is 5.32 Å². The fourth-order valence-corrected chi connectivity index (χ4v) is 3.64. The van der Waals surface area contributed by atoms with E-state index in [0.29, 0.717) is 22.3 Å². The maximum absolute atomic E-state index is 13.6. The molecule has 0 saturated heterocycles. The van der Waals surface area contributed by atoms with Crippen LogP contribution < -0.4 is 5.32 Å². The Bertz CT molecular complexity index is 458. The van der Waals surface area contributed by atoms with Crippen LogP contribution in [0.15, 0.2) is 18.2 Å². The second kappa shape index (κ2) is 6.44. The molecule has 0 aromatic heterocycles. The summed E-state index contributed by atoms with van der Waals surface area (Å²) in [4.78, 5) is 0. The topological polar surface area (TPSA) is 12.0 Å². The van der Waals surface area contributed by atoms with Gasteiger partial charge in [-0.1, -0.05) is 32.4 Å². The van der Waals surface area contributed by atoms with Crippen LogP contribution in [0.3, 0.4) is 0 Å². The van der Waals surface area contributed by atoms with Gasteiger partial charge in [-0.05, 0) is 73.4 Å². The predicted octanol–water partition coefficient (Wildman–Crippen LogP) is 5.00. The Morgan fingerprint density at radius 3 is 2.85 bits per heavy atom. The standard InChI is InChI=1S/C17H25ClFN/c1-4-20-11-12-7-8-17(2,3)10-15(12)14-9-13(19)5-6-16(14)18/h5-6,9,12,15,20H,4,7-8,10-11H2,1-3H3. The van der Waals surface area contributed by atoms with E-state index in [1.807, 2.05) is 0 Å². The van der Waals surface area contributed by atoms with Gasteiger partial charge in [0, 0.05) is 5.02 Å². The number of halogens is 2. The number of hydrogen-bond acceptors (Lipinski definition) is 1. The Morgan fingerprint density at radius 1 is 1.40 bits per heavy atom. The highest BCUT2D eigenvalue weighted by Gasteiger charge is 2.36. The van der Waals surface area contributed by atoms with Crippen molar-refractivity contribution in [3.05, 3.63) is 34.6 Å². The molecule has 1 aromatic rings. The van der Waals surface area contributed by atoms with Crippen molar-refractivity contribution in [1.82, 2.24) is 5.32 Å². The Kier molecular flexibility index (Phi) is 5.09. The van der Waals surface area contributed by atoms with E-state index in [2.05, 4.69) is 26.1 Å². The van der Waals surface area contributed by atoms with Gasteiger partial charge in [-0.2, -0.15) is 0 Å². The van der Waals surface area contributed by atoms with E-state index >= 15 is 0 Å². The summed E-state index contributed by atoms with van der Waals surface area (Å²) >= 11 is 6.33. The monoisotopic (exact) mass is 297 g/mol. The largest absolute Gasteiger partial charge is 0.317 e. The molecule has 1 saturated carbocycles. The maximum Gasteiger partial charge on any atom is 0.123 e. The van der Waals surface area contributed by atoms with Crippen molar-refractivity contribution >= 4 is 11.6 Å². The quantitative estimate of drug-likeness (QED) is 0.825. The molecule has 0 amide bonds. The highest BCUT2D eigenvalue weighted by Crippen LogP contribution is 2.48. The first kappa shape index (κ1) is 15.8. The summed E-state index contributed by atoms with van der Waals surface area (Å²) in [5, 5.41) is 4.15. The van der Waals surface area contributed by atoms with Crippen molar-refractivity contribution in [2.75, 3.05) is 13.1 Å². The minimum Gasteiger partial charge on any atom is -0.317 e. The maximum atomic E-state index is 13.6. The minimum atomic E-state index is -0.185. The third kappa shape index (κ3) is 3.73.